The third kappa shape index (κ3) is 4.90. The van der Waals surface area contributed by atoms with Gasteiger partial charge in [-0.15, -0.1) is 6.42 Å². The highest BCUT2D eigenvalue weighted by Gasteiger charge is 2.09. The van der Waals surface area contributed by atoms with Crippen molar-refractivity contribution in [3.8, 4) is 18.1 Å². The van der Waals surface area contributed by atoms with Crippen molar-refractivity contribution in [2.24, 2.45) is 0 Å². The minimum atomic E-state index is -0.217. The van der Waals surface area contributed by atoms with E-state index < -0.39 is 0 Å². The lowest BCUT2D eigenvalue weighted by molar-refractivity contribution is 0.244. The van der Waals surface area contributed by atoms with Crippen LogP contribution in [-0.2, 0) is 0 Å². The summed E-state index contributed by atoms with van der Waals surface area (Å²) in [6, 6.07) is 6.84. The number of hydrogen-bond donors (Lipinski definition) is 2. The van der Waals surface area contributed by atoms with E-state index in [4.69, 9.17) is 16.3 Å². The molecular formula is C14H18N2O3. The molecule has 0 unspecified atom stereocenters. The van der Waals surface area contributed by atoms with Gasteiger partial charge in [-0.2, -0.15) is 0 Å². The molecule has 5 heteroatoms. The number of urea groups is 1. The van der Waals surface area contributed by atoms with Gasteiger partial charge >= 0.3 is 6.03 Å². The number of hydrogen-bond acceptors (Lipinski definition) is 3. The molecule has 0 heterocycles. The molecular weight excluding hydrogens is 244 g/mol. The Morgan fingerprint density at radius 2 is 2.16 bits per heavy atom. The molecule has 0 fully saturated rings. The molecule has 0 aliphatic rings. The highest BCUT2D eigenvalue weighted by Crippen LogP contribution is 2.18. The van der Waals surface area contributed by atoms with E-state index in [2.05, 4.69) is 11.2 Å². The van der Waals surface area contributed by atoms with Crippen LogP contribution in [0.4, 0.5) is 10.5 Å². The molecule has 0 aromatic heterocycles. The van der Waals surface area contributed by atoms with Gasteiger partial charge in [-0.1, -0.05) is 5.92 Å². The predicted molar refractivity (Wildman–Crippen MR) is 74.3 cm³/mol. The first kappa shape index (κ1) is 14.9. The summed E-state index contributed by atoms with van der Waals surface area (Å²) in [6.45, 7) is 0.727. The van der Waals surface area contributed by atoms with E-state index in [1.54, 1.807) is 31.3 Å². The number of amides is 2. The van der Waals surface area contributed by atoms with Crippen molar-refractivity contribution < 1.29 is 14.6 Å². The maximum absolute atomic E-state index is 11.8. The molecule has 19 heavy (non-hydrogen) atoms. The first-order valence-corrected chi connectivity index (χ1v) is 5.97. The SMILES string of the molecule is C#CCOc1ccc(N(C)C(=O)NCCCO)cc1. The van der Waals surface area contributed by atoms with Gasteiger partial charge in [0.05, 0.1) is 0 Å². The van der Waals surface area contributed by atoms with Gasteiger partial charge in [-0.25, -0.2) is 4.79 Å². The van der Waals surface area contributed by atoms with Crippen molar-refractivity contribution in [3.63, 3.8) is 0 Å². The Morgan fingerprint density at radius 1 is 1.47 bits per heavy atom. The molecule has 0 radical (unpaired) electrons. The predicted octanol–water partition coefficient (Wildman–Crippen LogP) is 1.23. The van der Waals surface area contributed by atoms with Crippen LogP contribution in [0.5, 0.6) is 5.75 Å². The van der Waals surface area contributed by atoms with Gasteiger partial charge in [0.15, 0.2) is 0 Å². The summed E-state index contributed by atoms with van der Waals surface area (Å²) in [5.41, 5.74) is 0.745. The molecule has 0 atom stereocenters. The fourth-order valence-corrected chi connectivity index (χ4v) is 1.40. The number of nitrogens with zero attached hydrogens (tertiary/aromatic N) is 1. The number of nitrogens with one attached hydrogen (secondary N) is 1. The zero-order valence-corrected chi connectivity index (χ0v) is 10.9. The molecule has 0 aliphatic heterocycles. The van der Waals surface area contributed by atoms with Crippen LogP contribution in [0.25, 0.3) is 0 Å². The van der Waals surface area contributed by atoms with Crippen LogP contribution in [0.15, 0.2) is 24.3 Å². The zero-order valence-electron chi connectivity index (χ0n) is 10.9. The van der Waals surface area contributed by atoms with Gasteiger partial charge in [0, 0.05) is 25.9 Å². The number of anilines is 1. The molecule has 1 aromatic rings. The summed E-state index contributed by atoms with van der Waals surface area (Å²) in [5.74, 6) is 3.05. The van der Waals surface area contributed by atoms with Gasteiger partial charge in [0.2, 0.25) is 0 Å². The number of ether oxygens (including phenoxy) is 1. The number of rotatable bonds is 6. The van der Waals surface area contributed by atoms with E-state index in [1.165, 1.54) is 4.90 Å². The standard InChI is InChI=1S/C14H18N2O3/c1-3-11-19-13-7-5-12(6-8-13)16(2)14(18)15-9-4-10-17/h1,5-8,17H,4,9-11H2,2H3,(H,15,18). The molecule has 0 aliphatic carbocycles. The van der Waals surface area contributed by atoms with Gasteiger partial charge < -0.3 is 15.2 Å². The smallest absolute Gasteiger partial charge is 0.321 e. The number of carbonyl (C=O) groups is 1. The van der Waals surface area contributed by atoms with Crippen LogP contribution in [0, 0.1) is 12.3 Å². The van der Waals surface area contributed by atoms with Gasteiger partial charge in [0.1, 0.15) is 12.4 Å². The average Bonchev–Trinajstić information content (AvgIpc) is 2.45. The molecule has 5 nitrogen and oxygen atoms in total. The van der Waals surface area contributed by atoms with E-state index >= 15 is 0 Å². The Morgan fingerprint density at radius 3 is 2.74 bits per heavy atom. The van der Waals surface area contributed by atoms with Gasteiger partial charge in [0.25, 0.3) is 0 Å². The van der Waals surface area contributed by atoms with E-state index in [-0.39, 0.29) is 19.2 Å². The third-order valence-corrected chi connectivity index (χ3v) is 2.46. The zero-order chi connectivity index (χ0) is 14.1. The van der Waals surface area contributed by atoms with Crippen LogP contribution in [0.1, 0.15) is 6.42 Å². The quantitative estimate of drug-likeness (QED) is 0.598. The monoisotopic (exact) mass is 262 g/mol. The van der Waals surface area contributed by atoms with Crippen molar-refractivity contribution in [1.29, 1.82) is 0 Å². The lowest BCUT2D eigenvalue weighted by Crippen LogP contribution is -2.37. The molecule has 0 spiro atoms. The van der Waals surface area contributed by atoms with Crippen LogP contribution in [0.3, 0.4) is 0 Å². The molecule has 1 aromatic carbocycles. The maximum atomic E-state index is 11.8. The molecule has 0 saturated heterocycles. The first-order valence-electron chi connectivity index (χ1n) is 5.97. The maximum Gasteiger partial charge on any atom is 0.321 e. The molecule has 0 saturated carbocycles. The largest absolute Gasteiger partial charge is 0.481 e. The van der Waals surface area contributed by atoms with E-state index in [1.807, 2.05) is 0 Å². The molecule has 0 bridgehead atoms. The topological polar surface area (TPSA) is 61.8 Å². The van der Waals surface area contributed by atoms with Gasteiger partial charge in [-0.05, 0) is 30.7 Å². The van der Waals surface area contributed by atoms with Crippen LogP contribution >= 0.6 is 0 Å². The second-order valence-corrected chi connectivity index (χ2v) is 3.85. The minimum Gasteiger partial charge on any atom is -0.481 e. The Kier molecular flexibility index (Phi) is 6.27. The average molecular weight is 262 g/mol. The normalized spacial score (nSPS) is 9.53. The van der Waals surface area contributed by atoms with Crippen molar-refractivity contribution in [1.82, 2.24) is 5.32 Å². The molecule has 1 rings (SSSR count). The number of terminal acetylenes is 1. The second-order valence-electron chi connectivity index (χ2n) is 3.85. The van der Waals surface area contributed by atoms with Crippen molar-refractivity contribution in [3.05, 3.63) is 24.3 Å². The summed E-state index contributed by atoms with van der Waals surface area (Å²) in [6.07, 6.45) is 5.64. The number of aliphatic hydroxyl groups is 1. The highest BCUT2D eigenvalue weighted by molar-refractivity contribution is 5.91. The van der Waals surface area contributed by atoms with Crippen LogP contribution in [0.2, 0.25) is 0 Å². The third-order valence-electron chi connectivity index (χ3n) is 2.46. The van der Waals surface area contributed by atoms with Gasteiger partial charge in [-0.3, -0.25) is 4.90 Å². The molecule has 2 amide bonds. The van der Waals surface area contributed by atoms with Crippen LogP contribution in [-0.4, -0.2) is 37.9 Å². The van der Waals surface area contributed by atoms with E-state index in [0.717, 1.165) is 5.69 Å². The highest BCUT2D eigenvalue weighted by atomic mass is 16.5. The van der Waals surface area contributed by atoms with Crippen molar-refractivity contribution in [2.45, 2.75) is 6.42 Å². The summed E-state index contributed by atoms with van der Waals surface area (Å²) >= 11 is 0. The Balaban J connectivity index is 2.54. The lowest BCUT2D eigenvalue weighted by atomic mass is 10.3. The summed E-state index contributed by atoms with van der Waals surface area (Å²) < 4.78 is 5.25. The van der Waals surface area contributed by atoms with Crippen LogP contribution < -0.4 is 15.0 Å². The Hall–Kier alpha value is -2.19. The summed E-state index contributed by atoms with van der Waals surface area (Å²) in [7, 11) is 1.67. The Bertz CT molecular complexity index is 437. The van der Waals surface area contributed by atoms with Crippen molar-refractivity contribution >= 4 is 11.7 Å². The van der Waals surface area contributed by atoms with E-state index in [0.29, 0.717) is 18.7 Å². The van der Waals surface area contributed by atoms with Crippen molar-refractivity contribution in [2.75, 3.05) is 31.7 Å². The summed E-state index contributed by atoms with van der Waals surface area (Å²) in [4.78, 5) is 13.2. The number of benzene rings is 1. The van der Waals surface area contributed by atoms with E-state index in [9.17, 15) is 4.79 Å². The molecule has 2 N–H and O–H groups in total. The first-order chi connectivity index (χ1) is 9.19. The second kappa shape index (κ2) is 8.01. The Labute approximate surface area is 113 Å². The lowest BCUT2D eigenvalue weighted by Gasteiger charge is -2.18. The fraction of sp³-hybridized carbons (Fsp3) is 0.357. The summed E-state index contributed by atoms with van der Waals surface area (Å²) in [5, 5.41) is 11.3. The molecule has 102 valence electrons. The fourth-order valence-electron chi connectivity index (χ4n) is 1.40. The minimum absolute atomic E-state index is 0.0607. The number of carbonyl (C=O) groups excluding carboxylic acids is 1. The number of aliphatic hydroxyl groups excluding tert-OH is 1.